The fourth-order valence-corrected chi connectivity index (χ4v) is 3.43. The van der Waals surface area contributed by atoms with Gasteiger partial charge in [-0.05, 0) is 30.3 Å². The number of hydrogen-bond acceptors (Lipinski definition) is 6. The maximum atomic E-state index is 13.0. The van der Waals surface area contributed by atoms with Crippen molar-refractivity contribution in [3.05, 3.63) is 59.7 Å². The zero-order chi connectivity index (χ0) is 24.6. The summed E-state index contributed by atoms with van der Waals surface area (Å²) in [5.41, 5.74) is -0.314. The highest BCUT2D eigenvalue weighted by atomic mass is 19.4. The van der Waals surface area contributed by atoms with Gasteiger partial charge in [-0.25, -0.2) is 0 Å². The lowest BCUT2D eigenvalue weighted by Gasteiger charge is -2.26. The molecular weight excluding hydrogens is 453 g/mol. The SMILES string of the molecule is O=C(N[C@@H](CO)C(=O)NCCN1CCOCC1)c1ccccc1Nc1cccc(C(F)(F)F)c1. The molecule has 0 unspecified atom stereocenters. The van der Waals surface area contributed by atoms with Crippen molar-refractivity contribution in [3.8, 4) is 0 Å². The molecule has 0 saturated carbocycles. The third-order valence-electron chi connectivity index (χ3n) is 5.28. The lowest BCUT2D eigenvalue weighted by molar-refractivity contribution is -0.137. The van der Waals surface area contributed by atoms with Gasteiger partial charge in [0.25, 0.3) is 5.91 Å². The lowest BCUT2D eigenvalue weighted by atomic mass is 10.1. The maximum absolute atomic E-state index is 13.0. The number of amides is 2. The van der Waals surface area contributed by atoms with Gasteiger partial charge in [-0.1, -0.05) is 18.2 Å². The van der Waals surface area contributed by atoms with E-state index in [1.165, 1.54) is 24.3 Å². The van der Waals surface area contributed by atoms with Crippen LogP contribution in [0.2, 0.25) is 0 Å². The van der Waals surface area contributed by atoms with Gasteiger partial charge in [-0.3, -0.25) is 14.5 Å². The number of aliphatic hydroxyl groups is 1. The van der Waals surface area contributed by atoms with Gasteiger partial charge in [0, 0.05) is 31.9 Å². The van der Waals surface area contributed by atoms with Gasteiger partial charge >= 0.3 is 6.18 Å². The van der Waals surface area contributed by atoms with Crippen molar-refractivity contribution in [3.63, 3.8) is 0 Å². The Labute approximate surface area is 195 Å². The van der Waals surface area contributed by atoms with Crippen molar-refractivity contribution < 1.29 is 32.6 Å². The van der Waals surface area contributed by atoms with Crippen molar-refractivity contribution in [2.45, 2.75) is 12.2 Å². The van der Waals surface area contributed by atoms with E-state index in [-0.39, 0.29) is 16.9 Å². The molecule has 0 aliphatic carbocycles. The summed E-state index contributed by atoms with van der Waals surface area (Å²) in [6, 6.07) is 9.62. The van der Waals surface area contributed by atoms with Crippen molar-refractivity contribution in [2.75, 3.05) is 51.3 Å². The summed E-state index contributed by atoms with van der Waals surface area (Å²) in [5, 5.41) is 17.6. The standard InChI is InChI=1S/C23H27F3N4O4/c24-23(25,26)16-4-3-5-17(14-16)28-19-7-2-1-6-18(19)21(32)29-20(15-31)22(33)27-8-9-30-10-12-34-13-11-30/h1-7,14,20,28,31H,8-13,15H2,(H,27,33)(H,29,32)/t20-/m0/s1. The van der Waals surface area contributed by atoms with Gasteiger partial charge in [0.15, 0.2) is 0 Å². The average molecular weight is 480 g/mol. The van der Waals surface area contributed by atoms with E-state index in [4.69, 9.17) is 4.74 Å². The van der Waals surface area contributed by atoms with Crippen LogP contribution in [0.3, 0.4) is 0 Å². The summed E-state index contributed by atoms with van der Waals surface area (Å²) in [5.74, 6) is -1.19. The zero-order valence-corrected chi connectivity index (χ0v) is 18.4. The van der Waals surface area contributed by atoms with Crippen molar-refractivity contribution in [1.29, 1.82) is 0 Å². The van der Waals surface area contributed by atoms with Gasteiger partial charge in [-0.2, -0.15) is 13.2 Å². The summed E-state index contributed by atoms with van der Waals surface area (Å²) in [4.78, 5) is 27.4. The number of para-hydroxylation sites is 1. The van der Waals surface area contributed by atoms with E-state index < -0.39 is 36.2 Å². The number of aliphatic hydroxyl groups excluding tert-OH is 1. The fourth-order valence-electron chi connectivity index (χ4n) is 3.43. The van der Waals surface area contributed by atoms with Crippen LogP contribution in [0.15, 0.2) is 48.5 Å². The summed E-state index contributed by atoms with van der Waals surface area (Å²) in [7, 11) is 0. The Kier molecular flexibility index (Phi) is 8.85. The number of nitrogens with zero attached hydrogens (tertiary/aromatic N) is 1. The minimum absolute atomic E-state index is 0.111. The van der Waals surface area contributed by atoms with Crippen LogP contribution >= 0.6 is 0 Å². The highest BCUT2D eigenvalue weighted by Gasteiger charge is 2.30. The first-order valence-corrected chi connectivity index (χ1v) is 10.8. The van der Waals surface area contributed by atoms with E-state index in [2.05, 4.69) is 20.9 Å². The van der Waals surface area contributed by atoms with Gasteiger partial charge in [0.1, 0.15) is 6.04 Å². The van der Waals surface area contributed by atoms with E-state index >= 15 is 0 Å². The number of rotatable bonds is 9. The largest absolute Gasteiger partial charge is 0.416 e. The number of carbonyl (C=O) groups excluding carboxylic acids is 2. The van der Waals surface area contributed by atoms with Crippen LogP contribution < -0.4 is 16.0 Å². The Morgan fingerprint density at radius 1 is 1.09 bits per heavy atom. The number of halogens is 3. The third kappa shape index (κ3) is 7.17. The predicted molar refractivity (Wildman–Crippen MR) is 120 cm³/mol. The number of benzene rings is 2. The fraction of sp³-hybridized carbons (Fsp3) is 0.391. The number of carbonyl (C=O) groups is 2. The number of hydrogen-bond donors (Lipinski definition) is 4. The minimum Gasteiger partial charge on any atom is -0.394 e. The number of alkyl halides is 3. The molecular formula is C23H27F3N4O4. The smallest absolute Gasteiger partial charge is 0.394 e. The number of ether oxygens (including phenoxy) is 1. The maximum Gasteiger partial charge on any atom is 0.416 e. The van der Waals surface area contributed by atoms with Crippen LogP contribution in [0.25, 0.3) is 0 Å². The normalized spacial score (nSPS) is 15.4. The molecule has 0 radical (unpaired) electrons. The highest BCUT2D eigenvalue weighted by Crippen LogP contribution is 2.31. The molecule has 2 aromatic rings. The first-order valence-electron chi connectivity index (χ1n) is 10.8. The predicted octanol–water partition coefficient (Wildman–Crippen LogP) is 1.99. The lowest BCUT2D eigenvalue weighted by Crippen LogP contribution is -2.50. The number of morpholine rings is 1. The Hall–Kier alpha value is -3.15. The Balaban J connectivity index is 1.62. The number of nitrogens with one attached hydrogen (secondary N) is 3. The first-order chi connectivity index (χ1) is 16.3. The summed E-state index contributed by atoms with van der Waals surface area (Å²) >= 11 is 0. The molecule has 4 N–H and O–H groups in total. The monoisotopic (exact) mass is 480 g/mol. The Morgan fingerprint density at radius 2 is 1.82 bits per heavy atom. The molecule has 1 fully saturated rings. The van der Waals surface area contributed by atoms with Gasteiger partial charge in [-0.15, -0.1) is 0 Å². The third-order valence-corrected chi connectivity index (χ3v) is 5.28. The molecule has 0 spiro atoms. The van der Waals surface area contributed by atoms with Crippen LogP contribution in [0, 0.1) is 0 Å². The second kappa shape index (κ2) is 11.8. The average Bonchev–Trinajstić information content (AvgIpc) is 2.83. The van der Waals surface area contributed by atoms with Gasteiger partial charge < -0.3 is 25.8 Å². The van der Waals surface area contributed by atoms with Crippen molar-refractivity contribution in [2.24, 2.45) is 0 Å². The zero-order valence-electron chi connectivity index (χ0n) is 18.4. The van der Waals surface area contributed by atoms with E-state index in [0.717, 1.165) is 25.2 Å². The van der Waals surface area contributed by atoms with Crippen LogP contribution in [-0.4, -0.2) is 73.9 Å². The van der Waals surface area contributed by atoms with Crippen LogP contribution in [0.1, 0.15) is 15.9 Å². The van der Waals surface area contributed by atoms with E-state index in [1.807, 2.05) is 0 Å². The molecule has 3 rings (SSSR count). The summed E-state index contributed by atoms with van der Waals surface area (Å²) < 4.78 is 44.3. The molecule has 184 valence electrons. The molecule has 1 saturated heterocycles. The molecule has 2 amide bonds. The van der Waals surface area contributed by atoms with E-state index in [9.17, 15) is 27.9 Å². The topological polar surface area (TPSA) is 103 Å². The molecule has 8 nitrogen and oxygen atoms in total. The molecule has 0 aromatic heterocycles. The molecule has 1 aliphatic rings. The van der Waals surface area contributed by atoms with Crippen LogP contribution in [0.4, 0.5) is 24.5 Å². The second-order valence-electron chi connectivity index (χ2n) is 7.70. The number of anilines is 2. The minimum atomic E-state index is -4.50. The first kappa shape index (κ1) is 25.5. The van der Waals surface area contributed by atoms with Gasteiger partial charge in [0.05, 0.1) is 36.6 Å². The van der Waals surface area contributed by atoms with Crippen LogP contribution in [-0.2, 0) is 15.7 Å². The second-order valence-corrected chi connectivity index (χ2v) is 7.70. The van der Waals surface area contributed by atoms with E-state index in [0.29, 0.717) is 26.3 Å². The summed E-state index contributed by atoms with van der Waals surface area (Å²) in [6.07, 6.45) is -4.50. The molecule has 11 heteroatoms. The quantitative estimate of drug-likeness (QED) is 0.438. The van der Waals surface area contributed by atoms with E-state index in [1.54, 1.807) is 12.1 Å². The van der Waals surface area contributed by atoms with Crippen molar-refractivity contribution in [1.82, 2.24) is 15.5 Å². The molecule has 1 aliphatic heterocycles. The summed E-state index contributed by atoms with van der Waals surface area (Å²) in [6.45, 7) is 3.16. The molecule has 1 heterocycles. The molecule has 34 heavy (non-hydrogen) atoms. The Bertz CT molecular complexity index is 981. The molecule has 2 aromatic carbocycles. The highest BCUT2D eigenvalue weighted by molar-refractivity contribution is 6.02. The van der Waals surface area contributed by atoms with Crippen LogP contribution in [0.5, 0.6) is 0 Å². The van der Waals surface area contributed by atoms with Gasteiger partial charge in [0.2, 0.25) is 5.91 Å². The molecule has 0 bridgehead atoms. The molecule has 1 atom stereocenters. The van der Waals surface area contributed by atoms with Crippen molar-refractivity contribution >= 4 is 23.2 Å². The Morgan fingerprint density at radius 3 is 2.53 bits per heavy atom.